The maximum absolute atomic E-state index is 10.1. The monoisotopic (exact) mass is 344 g/mol. The van der Waals surface area contributed by atoms with Crippen LogP contribution >= 0.6 is 0 Å². The van der Waals surface area contributed by atoms with Crippen molar-refractivity contribution in [3.05, 3.63) is 47.2 Å². The predicted octanol–water partition coefficient (Wildman–Crippen LogP) is 0.173. The Balaban J connectivity index is 0.00000146. The lowest BCUT2D eigenvalue weighted by Crippen LogP contribution is -3.00. The lowest BCUT2D eigenvalue weighted by atomic mass is 9.62. The van der Waals surface area contributed by atoms with E-state index >= 15 is 0 Å². The quantitative estimate of drug-likeness (QED) is 0.561. The zero-order valence-corrected chi connectivity index (χ0v) is 15.1. The highest BCUT2D eigenvalue weighted by atomic mass is 35.5. The topological polar surface area (TPSA) is 36.0 Å². The molecule has 1 aromatic heterocycles. The summed E-state index contributed by atoms with van der Waals surface area (Å²) in [4.78, 5) is 3.75. The molecule has 3 nitrogen and oxygen atoms in total. The predicted molar refractivity (Wildman–Crippen MR) is 92.0 cm³/mol. The number of likely N-dealkylation sites (N-methyl/N-ethyl adjacent to an activating group) is 1. The number of hydrogen-bond acceptors (Lipinski definition) is 1. The minimum atomic E-state index is 0. The number of aliphatic hydroxyl groups is 1. The Kier molecular flexibility index (Phi) is 3.61. The van der Waals surface area contributed by atoms with Gasteiger partial charge in [-0.3, -0.25) is 0 Å². The van der Waals surface area contributed by atoms with Crippen molar-refractivity contribution < 1.29 is 22.0 Å². The summed E-state index contributed by atoms with van der Waals surface area (Å²) in [5, 5.41) is 11.5. The largest absolute Gasteiger partial charge is 1.00 e. The van der Waals surface area contributed by atoms with Crippen molar-refractivity contribution in [3.8, 4) is 0 Å². The summed E-state index contributed by atoms with van der Waals surface area (Å²) in [6.07, 6.45) is 4.59. The number of aromatic nitrogens is 1. The molecule has 0 radical (unpaired) electrons. The molecule has 0 aliphatic carbocycles. The number of halogens is 1. The molecule has 6 rings (SSSR count). The molecule has 3 saturated heterocycles. The van der Waals surface area contributed by atoms with Crippen molar-refractivity contribution in [1.82, 2.24) is 4.98 Å². The van der Waals surface area contributed by atoms with E-state index in [2.05, 4.69) is 49.3 Å². The Labute approximate surface area is 149 Å². The van der Waals surface area contributed by atoms with Gasteiger partial charge in [0.05, 0.1) is 25.4 Å². The molecule has 4 aliphatic heterocycles. The molecule has 2 N–H and O–H groups in total. The van der Waals surface area contributed by atoms with E-state index in [1.165, 1.54) is 28.6 Å². The summed E-state index contributed by atoms with van der Waals surface area (Å²) in [5.41, 5.74) is 5.84. The number of quaternary nitrogens is 1. The molecule has 1 unspecified atom stereocenters. The maximum atomic E-state index is 10.1. The van der Waals surface area contributed by atoms with Gasteiger partial charge in [-0.2, -0.15) is 0 Å². The molecule has 0 amide bonds. The molecule has 0 saturated carbocycles. The number of hydrogen-bond donors (Lipinski definition) is 2. The third-order valence-electron chi connectivity index (χ3n) is 7.13. The number of para-hydroxylation sites is 1. The van der Waals surface area contributed by atoms with Crippen molar-refractivity contribution in [2.45, 2.75) is 31.8 Å². The molecular weight excluding hydrogens is 320 g/mol. The van der Waals surface area contributed by atoms with Crippen LogP contribution in [0.15, 0.2) is 35.9 Å². The average Bonchev–Trinajstić information content (AvgIpc) is 2.92. The summed E-state index contributed by atoms with van der Waals surface area (Å²) in [6, 6.07) is 9.84. The Morgan fingerprint density at radius 1 is 1.33 bits per heavy atom. The molecule has 1 aromatic carbocycles. The number of H-pyrrole nitrogens is 1. The molecule has 4 bridgehead atoms. The van der Waals surface area contributed by atoms with Crippen LogP contribution in [0.4, 0.5) is 0 Å². The smallest absolute Gasteiger partial charge is 0.131 e. The molecule has 2 aromatic rings. The summed E-state index contributed by atoms with van der Waals surface area (Å²) in [7, 11) is 2.42. The zero-order chi connectivity index (χ0) is 15.8. The fourth-order valence-electron chi connectivity index (χ4n) is 6.02. The van der Waals surface area contributed by atoms with Crippen molar-refractivity contribution in [3.63, 3.8) is 0 Å². The third-order valence-corrected chi connectivity index (χ3v) is 7.13. The van der Waals surface area contributed by atoms with Gasteiger partial charge in [-0.15, -0.1) is 0 Å². The van der Waals surface area contributed by atoms with Gasteiger partial charge in [-0.05, 0) is 24.1 Å². The van der Waals surface area contributed by atoms with Crippen LogP contribution in [0.3, 0.4) is 0 Å². The highest BCUT2D eigenvalue weighted by molar-refractivity contribution is 5.85. The zero-order valence-electron chi connectivity index (χ0n) is 14.3. The normalized spacial score (nSPS) is 38.2. The van der Waals surface area contributed by atoms with Crippen molar-refractivity contribution in [2.24, 2.45) is 11.8 Å². The number of benzene rings is 1. The number of aliphatic hydroxyl groups excluding tert-OH is 1. The van der Waals surface area contributed by atoms with E-state index in [0.29, 0.717) is 30.5 Å². The number of rotatable bonds is 1. The summed E-state index contributed by atoms with van der Waals surface area (Å²) < 4.78 is 1.08. The van der Waals surface area contributed by atoms with Crippen LogP contribution in [0.5, 0.6) is 0 Å². The number of allylic oxidation sites excluding steroid dienone is 1. The van der Waals surface area contributed by atoms with E-state index in [4.69, 9.17) is 0 Å². The highest BCUT2D eigenvalue weighted by Gasteiger charge is 2.61. The fraction of sp³-hybridized carbons (Fsp3) is 0.500. The van der Waals surface area contributed by atoms with Gasteiger partial charge in [0, 0.05) is 35.6 Å². The fourth-order valence-corrected chi connectivity index (χ4v) is 6.02. The molecule has 4 heteroatoms. The Morgan fingerprint density at radius 3 is 2.88 bits per heavy atom. The lowest BCUT2D eigenvalue weighted by Gasteiger charge is -2.62. The Bertz CT molecular complexity index is 826. The van der Waals surface area contributed by atoms with E-state index in [0.717, 1.165) is 17.4 Å². The Morgan fingerprint density at radius 2 is 2.12 bits per heavy atom. The van der Waals surface area contributed by atoms with Gasteiger partial charge in [0.15, 0.2) is 0 Å². The number of nitrogens with zero attached hydrogens (tertiary/aromatic N) is 1. The van der Waals surface area contributed by atoms with Crippen LogP contribution in [0.25, 0.3) is 10.9 Å². The second-order valence-corrected chi connectivity index (χ2v) is 7.91. The van der Waals surface area contributed by atoms with Gasteiger partial charge in [0.25, 0.3) is 0 Å². The van der Waals surface area contributed by atoms with Crippen LogP contribution in [0, 0.1) is 11.8 Å². The van der Waals surface area contributed by atoms with Gasteiger partial charge < -0.3 is 27.0 Å². The van der Waals surface area contributed by atoms with Gasteiger partial charge in [-0.1, -0.05) is 24.3 Å². The molecule has 128 valence electrons. The first-order valence-corrected chi connectivity index (χ1v) is 8.87. The molecule has 5 heterocycles. The molecule has 0 spiro atoms. The van der Waals surface area contributed by atoms with Gasteiger partial charge >= 0.3 is 0 Å². The Hall–Kier alpha value is -1.29. The van der Waals surface area contributed by atoms with Crippen molar-refractivity contribution in [2.75, 3.05) is 20.2 Å². The second kappa shape index (κ2) is 5.35. The van der Waals surface area contributed by atoms with Gasteiger partial charge in [-0.25, -0.2) is 0 Å². The first-order chi connectivity index (χ1) is 11.2. The molecule has 4 aliphatic rings. The van der Waals surface area contributed by atoms with Crippen LogP contribution in [0.2, 0.25) is 0 Å². The number of aromatic amines is 1. The highest BCUT2D eigenvalue weighted by Crippen LogP contribution is 2.57. The van der Waals surface area contributed by atoms with E-state index in [1.807, 2.05) is 0 Å². The maximum Gasteiger partial charge on any atom is 0.131 e. The first-order valence-electron chi connectivity index (χ1n) is 8.87. The number of piperidine rings is 3. The first kappa shape index (κ1) is 16.2. The SMILES string of the molecule is C/C=C1\C[N@@+]2(C)[C@H]3C[C@@H]1C(CO)[C@@H]2Cc1c3[nH]c2ccccc12.[Cl-]. The van der Waals surface area contributed by atoms with E-state index in [9.17, 15) is 5.11 Å². The summed E-state index contributed by atoms with van der Waals surface area (Å²) in [6.45, 7) is 3.65. The van der Waals surface area contributed by atoms with Crippen molar-refractivity contribution in [1.29, 1.82) is 0 Å². The average molecular weight is 345 g/mol. The number of nitrogens with one attached hydrogen (secondary N) is 1. The second-order valence-electron chi connectivity index (χ2n) is 7.91. The standard InChI is InChI=1S/C20H25N2O.ClH/c1-3-12-10-22(2)18-9-15-13-6-4-5-7-17(13)21-20(15)19(22)8-14(12)16(18)11-23;/h3-7,14,16,18-19,21,23H,8-11H2,1-2H3;1H/q+1;/p-1/b12-3+;/t14-,16?,18-,19-,22+;/m0./s1. The van der Waals surface area contributed by atoms with Crippen LogP contribution in [0.1, 0.15) is 30.6 Å². The van der Waals surface area contributed by atoms with Gasteiger partial charge in [0.2, 0.25) is 0 Å². The molecule has 3 fully saturated rings. The molecule has 5 atom stereocenters. The van der Waals surface area contributed by atoms with E-state index < -0.39 is 0 Å². The molecular formula is C20H25ClN2O. The third kappa shape index (κ3) is 1.81. The van der Waals surface area contributed by atoms with Crippen LogP contribution < -0.4 is 12.4 Å². The van der Waals surface area contributed by atoms with Crippen LogP contribution in [-0.2, 0) is 6.42 Å². The number of fused-ring (bicyclic) bond motifs is 4. The minimum Gasteiger partial charge on any atom is -1.00 e. The van der Waals surface area contributed by atoms with E-state index in [-0.39, 0.29) is 12.4 Å². The minimum absolute atomic E-state index is 0. The van der Waals surface area contributed by atoms with Gasteiger partial charge in [0.1, 0.15) is 12.6 Å². The van der Waals surface area contributed by atoms with E-state index in [1.54, 1.807) is 5.57 Å². The summed E-state index contributed by atoms with van der Waals surface area (Å²) in [5.74, 6) is 0.984. The lowest BCUT2D eigenvalue weighted by molar-refractivity contribution is -0.978. The molecule has 24 heavy (non-hydrogen) atoms. The van der Waals surface area contributed by atoms with Crippen molar-refractivity contribution >= 4 is 10.9 Å². The summed E-state index contributed by atoms with van der Waals surface area (Å²) >= 11 is 0. The van der Waals surface area contributed by atoms with Crippen LogP contribution in [-0.4, -0.2) is 40.8 Å².